The van der Waals surface area contributed by atoms with Crippen molar-refractivity contribution in [3.8, 4) is 0 Å². The van der Waals surface area contributed by atoms with Crippen LogP contribution in [0.25, 0.3) is 0 Å². The normalized spacial score (nSPS) is 20.8. The molecule has 4 nitrogen and oxygen atoms in total. The van der Waals surface area contributed by atoms with E-state index in [-0.39, 0.29) is 5.41 Å². The molecule has 0 radical (unpaired) electrons. The summed E-state index contributed by atoms with van der Waals surface area (Å²) >= 11 is 1.70. The quantitative estimate of drug-likeness (QED) is 0.622. The van der Waals surface area contributed by atoms with E-state index in [1.54, 1.807) is 11.3 Å². The Kier molecular flexibility index (Phi) is 3.25. The zero-order valence-electron chi connectivity index (χ0n) is 9.57. The Hall–Kier alpha value is -0.940. The van der Waals surface area contributed by atoms with Crippen molar-refractivity contribution in [2.24, 2.45) is 11.1 Å². The van der Waals surface area contributed by atoms with E-state index < -0.39 is 0 Å². The minimum absolute atomic E-state index is 0.0792. The Morgan fingerprint density at radius 3 is 2.81 bits per heavy atom. The van der Waals surface area contributed by atoms with Crippen LogP contribution < -0.4 is 5.73 Å². The number of rotatable bonds is 3. The van der Waals surface area contributed by atoms with Crippen molar-refractivity contribution < 1.29 is 0 Å². The maximum atomic E-state index is 7.60. The average Bonchev–Trinajstić information content (AvgIpc) is 2.74. The van der Waals surface area contributed by atoms with Crippen molar-refractivity contribution >= 4 is 17.2 Å². The van der Waals surface area contributed by atoms with Gasteiger partial charge in [0.25, 0.3) is 0 Å². The molecule has 0 spiro atoms. The summed E-state index contributed by atoms with van der Waals surface area (Å²) in [4.78, 5) is 7.81. The molecular weight excluding hydrogens is 220 g/mol. The number of hydrogen-bond donors (Lipinski definition) is 2. The van der Waals surface area contributed by atoms with E-state index in [0.29, 0.717) is 5.84 Å². The molecule has 2 rings (SSSR count). The summed E-state index contributed by atoms with van der Waals surface area (Å²) < 4.78 is 0. The van der Waals surface area contributed by atoms with Gasteiger partial charge in [-0.1, -0.05) is 6.92 Å². The third-order valence-corrected chi connectivity index (χ3v) is 4.24. The first kappa shape index (κ1) is 11.5. The summed E-state index contributed by atoms with van der Waals surface area (Å²) in [5.41, 5.74) is 7.43. The molecule has 5 heteroatoms. The summed E-state index contributed by atoms with van der Waals surface area (Å²) in [6.07, 6.45) is 3.91. The van der Waals surface area contributed by atoms with Crippen LogP contribution in [0.2, 0.25) is 0 Å². The molecule has 1 aliphatic heterocycles. The highest BCUT2D eigenvalue weighted by atomic mass is 32.1. The van der Waals surface area contributed by atoms with Gasteiger partial charge in [-0.05, 0) is 25.9 Å². The van der Waals surface area contributed by atoms with Crippen LogP contribution >= 0.6 is 11.3 Å². The minimum atomic E-state index is -0.0792. The molecule has 0 amide bonds. The Morgan fingerprint density at radius 1 is 1.62 bits per heavy atom. The first-order chi connectivity index (χ1) is 7.60. The first-order valence-corrected chi connectivity index (χ1v) is 6.42. The molecule has 0 aliphatic carbocycles. The predicted octanol–water partition coefficient (Wildman–Crippen LogP) is 1.68. The molecule has 16 heavy (non-hydrogen) atoms. The van der Waals surface area contributed by atoms with E-state index in [2.05, 4.69) is 16.8 Å². The number of amidine groups is 1. The third-order valence-electron chi connectivity index (χ3n) is 3.47. The molecule has 1 saturated heterocycles. The van der Waals surface area contributed by atoms with Crippen molar-refractivity contribution in [3.63, 3.8) is 0 Å². The highest BCUT2D eigenvalue weighted by Crippen LogP contribution is 2.31. The molecule has 0 bridgehead atoms. The summed E-state index contributed by atoms with van der Waals surface area (Å²) in [5.74, 6) is 0.338. The lowest BCUT2D eigenvalue weighted by Gasteiger charge is -2.38. The van der Waals surface area contributed by atoms with Gasteiger partial charge in [0, 0.05) is 23.0 Å². The van der Waals surface area contributed by atoms with Gasteiger partial charge in [-0.25, -0.2) is 0 Å². The molecular formula is C11H18N4S. The fraction of sp³-hybridized carbons (Fsp3) is 0.636. The lowest BCUT2D eigenvalue weighted by molar-refractivity contribution is 0.157. The van der Waals surface area contributed by atoms with Gasteiger partial charge >= 0.3 is 0 Å². The fourth-order valence-corrected chi connectivity index (χ4v) is 2.65. The third kappa shape index (κ3) is 2.41. The van der Waals surface area contributed by atoms with Crippen LogP contribution in [0.4, 0.5) is 0 Å². The van der Waals surface area contributed by atoms with E-state index in [4.69, 9.17) is 11.1 Å². The largest absolute Gasteiger partial charge is 0.387 e. The van der Waals surface area contributed by atoms with Gasteiger partial charge < -0.3 is 5.73 Å². The number of hydrogen-bond acceptors (Lipinski definition) is 4. The van der Waals surface area contributed by atoms with Crippen LogP contribution in [0.15, 0.2) is 11.7 Å². The van der Waals surface area contributed by atoms with Crippen molar-refractivity contribution in [1.82, 2.24) is 9.88 Å². The Labute approximate surface area is 100.0 Å². The standard InChI is InChI=1S/C11H18N4S/c1-11(10(12)13)2-4-15(5-3-11)7-9-6-14-8-16-9/h6,8H,2-5,7H2,1H3,(H3,12,13). The van der Waals surface area contributed by atoms with Crippen LogP contribution in [0.3, 0.4) is 0 Å². The van der Waals surface area contributed by atoms with Crippen molar-refractivity contribution in [2.75, 3.05) is 13.1 Å². The number of likely N-dealkylation sites (tertiary alicyclic amines) is 1. The molecule has 3 N–H and O–H groups in total. The lowest BCUT2D eigenvalue weighted by atomic mass is 9.79. The van der Waals surface area contributed by atoms with Gasteiger partial charge in [0.05, 0.1) is 11.3 Å². The molecule has 2 heterocycles. The van der Waals surface area contributed by atoms with E-state index in [0.717, 1.165) is 32.5 Å². The summed E-state index contributed by atoms with van der Waals surface area (Å²) in [7, 11) is 0. The molecule has 0 saturated carbocycles. The van der Waals surface area contributed by atoms with Gasteiger partial charge in [0.1, 0.15) is 0 Å². The average molecular weight is 238 g/mol. The zero-order valence-corrected chi connectivity index (χ0v) is 10.4. The van der Waals surface area contributed by atoms with Gasteiger partial charge in [-0.3, -0.25) is 15.3 Å². The SMILES string of the molecule is CC1(C(=N)N)CCN(Cc2cncs2)CC1. The number of nitrogens with one attached hydrogen (secondary N) is 1. The van der Waals surface area contributed by atoms with Gasteiger partial charge in [-0.15, -0.1) is 11.3 Å². The van der Waals surface area contributed by atoms with Crippen LogP contribution in [-0.2, 0) is 6.54 Å². The maximum Gasteiger partial charge on any atom is 0.0966 e. The number of aromatic nitrogens is 1. The second-order valence-corrected chi connectivity index (χ2v) is 5.69. The Bertz CT molecular complexity index is 352. The predicted molar refractivity (Wildman–Crippen MR) is 66.6 cm³/mol. The van der Waals surface area contributed by atoms with Crippen molar-refractivity contribution in [3.05, 3.63) is 16.6 Å². The van der Waals surface area contributed by atoms with Crippen LogP contribution in [0, 0.1) is 10.8 Å². The van der Waals surface area contributed by atoms with Crippen molar-refractivity contribution in [1.29, 1.82) is 5.41 Å². The summed E-state index contributed by atoms with van der Waals surface area (Å²) in [6.45, 7) is 5.12. The molecule has 0 aromatic carbocycles. The number of thiazole rings is 1. The molecule has 1 aliphatic rings. The van der Waals surface area contributed by atoms with E-state index in [9.17, 15) is 0 Å². The van der Waals surface area contributed by atoms with Crippen LogP contribution in [-0.4, -0.2) is 28.8 Å². The topological polar surface area (TPSA) is 66.0 Å². The Balaban J connectivity index is 1.88. The van der Waals surface area contributed by atoms with Gasteiger partial charge in [-0.2, -0.15) is 0 Å². The molecule has 1 aromatic rings. The summed E-state index contributed by atoms with van der Waals surface area (Å²) in [5, 5.41) is 7.60. The highest BCUT2D eigenvalue weighted by Gasteiger charge is 2.32. The van der Waals surface area contributed by atoms with Gasteiger partial charge in [0.2, 0.25) is 0 Å². The lowest BCUT2D eigenvalue weighted by Crippen LogP contribution is -2.44. The Morgan fingerprint density at radius 2 is 2.31 bits per heavy atom. The number of nitrogens with two attached hydrogens (primary N) is 1. The second-order valence-electron chi connectivity index (χ2n) is 4.72. The first-order valence-electron chi connectivity index (χ1n) is 5.54. The molecule has 1 aromatic heterocycles. The van der Waals surface area contributed by atoms with Crippen LogP contribution in [0.5, 0.6) is 0 Å². The molecule has 0 unspecified atom stereocenters. The zero-order chi connectivity index (χ0) is 11.6. The monoisotopic (exact) mass is 238 g/mol. The van der Waals surface area contributed by atoms with E-state index >= 15 is 0 Å². The van der Waals surface area contributed by atoms with E-state index in [1.807, 2.05) is 11.7 Å². The van der Waals surface area contributed by atoms with E-state index in [1.165, 1.54) is 4.88 Å². The number of piperidine rings is 1. The highest BCUT2D eigenvalue weighted by molar-refractivity contribution is 7.09. The molecule has 88 valence electrons. The summed E-state index contributed by atoms with van der Waals surface area (Å²) in [6, 6.07) is 0. The van der Waals surface area contributed by atoms with Crippen LogP contribution in [0.1, 0.15) is 24.6 Å². The van der Waals surface area contributed by atoms with Gasteiger partial charge in [0.15, 0.2) is 0 Å². The minimum Gasteiger partial charge on any atom is -0.387 e. The molecule has 1 fully saturated rings. The smallest absolute Gasteiger partial charge is 0.0966 e. The number of nitrogens with zero attached hydrogens (tertiary/aromatic N) is 2. The maximum absolute atomic E-state index is 7.60. The molecule has 0 atom stereocenters. The second kappa shape index (κ2) is 4.51. The fourth-order valence-electron chi connectivity index (χ4n) is 2.01. The van der Waals surface area contributed by atoms with Crippen molar-refractivity contribution in [2.45, 2.75) is 26.3 Å².